The van der Waals surface area contributed by atoms with E-state index in [0.29, 0.717) is 22.9 Å². The molecular weight excluding hydrogens is 598 g/mol. The molecular formula is C33H34ClN5O4S. The summed E-state index contributed by atoms with van der Waals surface area (Å²) in [5, 5.41) is 20.3. The fourth-order valence-corrected chi connectivity index (χ4v) is 7.02. The van der Waals surface area contributed by atoms with Crippen LogP contribution in [0.2, 0.25) is 5.02 Å². The number of benzene rings is 3. The van der Waals surface area contributed by atoms with Gasteiger partial charge in [0.05, 0.1) is 33.4 Å². The van der Waals surface area contributed by atoms with Gasteiger partial charge in [0, 0.05) is 34.1 Å². The van der Waals surface area contributed by atoms with E-state index in [2.05, 4.69) is 5.32 Å². The summed E-state index contributed by atoms with van der Waals surface area (Å²) >= 11 is 7.73. The molecule has 1 saturated heterocycles. The highest BCUT2D eigenvalue weighted by Gasteiger charge is 2.38. The van der Waals surface area contributed by atoms with Crippen molar-refractivity contribution in [3.05, 3.63) is 64.7 Å². The van der Waals surface area contributed by atoms with Crippen molar-refractivity contribution < 1.29 is 19.4 Å². The van der Waals surface area contributed by atoms with Gasteiger partial charge in [-0.3, -0.25) is 9.58 Å². The van der Waals surface area contributed by atoms with Crippen LogP contribution in [-0.4, -0.2) is 49.6 Å². The summed E-state index contributed by atoms with van der Waals surface area (Å²) in [6, 6.07) is 15.1. The Labute approximate surface area is 264 Å². The maximum atomic E-state index is 12.9. The normalized spacial score (nSPS) is 15.7. The van der Waals surface area contributed by atoms with E-state index in [1.807, 2.05) is 85.0 Å². The number of nitrogens with zero attached hydrogens (tertiary/aromatic N) is 4. The summed E-state index contributed by atoms with van der Waals surface area (Å²) < 4.78 is 8.77. The van der Waals surface area contributed by atoms with Crippen LogP contribution in [0.1, 0.15) is 51.8 Å². The Morgan fingerprint density at radius 1 is 1.14 bits per heavy atom. The third-order valence-electron chi connectivity index (χ3n) is 7.60. The summed E-state index contributed by atoms with van der Waals surface area (Å²) in [5.41, 5.74) is 4.39. The van der Waals surface area contributed by atoms with Crippen LogP contribution in [0.25, 0.3) is 42.8 Å². The second-order valence-electron chi connectivity index (χ2n) is 12.9. The summed E-state index contributed by atoms with van der Waals surface area (Å²) in [6.07, 6.45) is -1.19. The predicted molar refractivity (Wildman–Crippen MR) is 176 cm³/mol. The van der Waals surface area contributed by atoms with Crippen molar-refractivity contribution in [3.8, 4) is 21.7 Å². The molecule has 2 amide bonds. The van der Waals surface area contributed by atoms with E-state index in [1.54, 1.807) is 21.7 Å². The molecule has 44 heavy (non-hydrogen) atoms. The lowest BCUT2D eigenvalue weighted by Crippen LogP contribution is -2.36. The number of anilines is 1. The topological polar surface area (TPSA) is 110 Å². The fourth-order valence-electron chi connectivity index (χ4n) is 5.78. The van der Waals surface area contributed by atoms with Gasteiger partial charge in [0.15, 0.2) is 11.9 Å². The lowest BCUT2D eigenvalue weighted by molar-refractivity contribution is -0.160. The van der Waals surface area contributed by atoms with Crippen LogP contribution in [0.3, 0.4) is 0 Å². The van der Waals surface area contributed by atoms with Crippen molar-refractivity contribution in [2.75, 3.05) is 11.4 Å². The maximum Gasteiger partial charge on any atom is 0.337 e. The van der Waals surface area contributed by atoms with Crippen molar-refractivity contribution in [2.24, 2.45) is 7.05 Å². The van der Waals surface area contributed by atoms with Crippen molar-refractivity contribution in [1.29, 1.82) is 0 Å². The average Bonchev–Trinajstić information content (AvgIpc) is 3.58. The van der Waals surface area contributed by atoms with Crippen LogP contribution < -0.4 is 10.2 Å². The standard InChI is InChI=1S/C33H34ClN5O4S/c1-17-14-22-27(25(18-8-11-20(34)12-9-18)24(17)26(30(40)41)43-32(2,3)4)44-29(35-22)19-10-13-23-21(15-19)28(37-38(23)7)39-16-33(5,6)36-31(39)42/h8-15,26H,16H2,1-7H3,(H,36,42)(H,40,41)/t26-/m0/s1. The number of carboxylic acid groups (broad SMARTS) is 1. The highest BCUT2D eigenvalue weighted by molar-refractivity contribution is 7.22. The predicted octanol–water partition coefficient (Wildman–Crippen LogP) is 7.73. The Kier molecular flexibility index (Phi) is 7.22. The number of rotatable bonds is 6. The minimum absolute atomic E-state index is 0.179. The quantitative estimate of drug-likeness (QED) is 0.198. The number of thiazole rings is 1. The molecule has 1 atom stereocenters. The van der Waals surface area contributed by atoms with Crippen molar-refractivity contribution in [2.45, 2.75) is 58.8 Å². The molecule has 2 N–H and O–H groups in total. The Balaban J connectivity index is 1.55. The molecule has 11 heteroatoms. The molecule has 228 valence electrons. The number of aromatic nitrogens is 3. The lowest BCUT2D eigenvalue weighted by Gasteiger charge is -2.28. The molecule has 6 rings (SSSR count). The molecule has 1 aliphatic rings. The van der Waals surface area contributed by atoms with Gasteiger partial charge < -0.3 is 15.2 Å². The van der Waals surface area contributed by atoms with Crippen LogP contribution >= 0.6 is 22.9 Å². The zero-order chi connectivity index (χ0) is 31.7. The minimum atomic E-state index is -1.19. The third-order valence-corrected chi connectivity index (χ3v) is 8.99. The van der Waals surface area contributed by atoms with E-state index in [1.165, 1.54) is 11.3 Å². The molecule has 0 radical (unpaired) electrons. The van der Waals surface area contributed by atoms with Crippen LogP contribution in [-0.2, 0) is 16.6 Å². The first kappa shape index (κ1) is 30.1. The van der Waals surface area contributed by atoms with Crippen LogP contribution in [0.5, 0.6) is 0 Å². The first-order valence-corrected chi connectivity index (χ1v) is 15.5. The van der Waals surface area contributed by atoms with Crippen LogP contribution in [0.4, 0.5) is 10.6 Å². The number of hydrogen-bond acceptors (Lipinski definition) is 6. The monoisotopic (exact) mass is 631 g/mol. The first-order valence-electron chi connectivity index (χ1n) is 14.3. The molecule has 2 aromatic heterocycles. The number of carboxylic acids is 1. The smallest absolute Gasteiger partial charge is 0.337 e. The molecule has 3 heterocycles. The van der Waals surface area contributed by atoms with Crippen molar-refractivity contribution in [3.63, 3.8) is 0 Å². The van der Waals surface area contributed by atoms with Gasteiger partial charge in [0.25, 0.3) is 0 Å². The lowest BCUT2D eigenvalue weighted by atomic mass is 9.91. The molecule has 3 aromatic carbocycles. The highest BCUT2D eigenvalue weighted by Crippen LogP contribution is 2.45. The number of aliphatic carboxylic acids is 1. The first-order chi connectivity index (χ1) is 20.6. The Morgan fingerprint density at radius 3 is 2.43 bits per heavy atom. The molecule has 1 aliphatic heterocycles. The summed E-state index contributed by atoms with van der Waals surface area (Å²) in [4.78, 5) is 32.2. The Morgan fingerprint density at radius 2 is 1.82 bits per heavy atom. The number of amides is 2. The van der Waals surface area contributed by atoms with E-state index in [0.717, 1.165) is 48.4 Å². The molecule has 0 bridgehead atoms. The van der Waals surface area contributed by atoms with Crippen LogP contribution in [0, 0.1) is 6.92 Å². The summed E-state index contributed by atoms with van der Waals surface area (Å²) in [7, 11) is 1.86. The van der Waals surface area contributed by atoms with E-state index in [9.17, 15) is 14.7 Å². The zero-order valence-electron chi connectivity index (χ0n) is 25.7. The Bertz CT molecular complexity index is 1960. The number of carbonyl (C=O) groups excluding carboxylic acids is 1. The number of urea groups is 1. The third kappa shape index (κ3) is 5.42. The van der Waals surface area contributed by atoms with Gasteiger partial charge >= 0.3 is 12.0 Å². The number of carbonyl (C=O) groups is 2. The second-order valence-corrected chi connectivity index (χ2v) is 14.3. The van der Waals surface area contributed by atoms with Gasteiger partial charge in [-0.1, -0.05) is 23.7 Å². The van der Waals surface area contributed by atoms with Crippen molar-refractivity contribution in [1.82, 2.24) is 20.1 Å². The largest absolute Gasteiger partial charge is 0.479 e. The summed E-state index contributed by atoms with van der Waals surface area (Å²) in [5.74, 6) is -0.469. The van der Waals surface area contributed by atoms with Gasteiger partial charge in [0.1, 0.15) is 5.01 Å². The van der Waals surface area contributed by atoms with Gasteiger partial charge in [0.2, 0.25) is 0 Å². The van der Waals surface area contributed by atoms with Gasteiger partial charge in [-0.2, -0.15) is 5.10 Å². The number of fused-ring (bicyclic) bond motifs is 2. The molecule has 1 fully saturated rings. The molecule has 9 nitrogen and oxygen atoms in total. The average molecular weight is 632 g/mol. The van der Waals surface area contributed by atoms with Gasteiger partial charge in [-0.15, -0.1) is 11.3 Å². The van der Waals surface area contributed by atoms with Gasteiger partial charge in [-0.25, -0.2) is 14.6 Å². The number of ether oxygens (including phenoxy) is 1. The molecule has 0 unspecified atom stereocenters. The number of nitrogens with one attached hydrogen (secondary N) is 1. The van der Waals surface area contributed by atoms with E-state index in [4.69, 9.17) is 26.4 Å². The number of hydrogen-bond donors (Lipinski definition) is 2. The molecule has 0 aliphatic carbocycles. The maximum absolute atomic E-state index is 12.9. The second kappa shape index (κ2) is 10.6. The Hall–Kier alpha value is -3.99. The minimum Gasteiger partial charge on any atom is -0.479 e. The molecule has 0 spiro atoms. The van der Waals surface area contributed by atoms with E-state index >= 15 is 0 Å². The zero-order valence-corrected chi connectivity index (χ0v) is 27.2. The van der Waals surface area contributed by atoms with Gasteiger partial charge in [-0.05, 0) is 89.1 Å². The molecule has 5 aromatic rings. The van der Waals surface area contributed by atoms with Crippen LogP contribution in [0.15, 0.2) is 48.5 Å². The van der Waals surface area contributed by atoms with E-state index in [-0.39, 0.29) is 11.6 Å². The number of aryl methyl sites for hydroxylation is 2. The van der Waals surface area contributed by atoms with Crippen molar-refractivity contribution >= 4 is 61.9 Å². The fraction of sp³-hybridized carbons (Fsp3) is 0.333. The highest BCUT2D eigenvalue weighted by atomic mass is 35.5. The SMILES string of the molecule is Cc1cc2nc(-c3ccc4c(c3)c(N3CC(C)(C)NC3=O)nn4C)sc2c(-c2ccc(Cl)cc2)c1[C@H](OC(C)(C)C)C(=O)O. The van der Waals surface area contributed by atoms with E-state index < -0.39 is 17.7 Å². The number of halogens is 1. The molecule has 0 saturated carbocycles. The summed E-state index contributed by atoms with van der Waals surface area (Å²) in [6.45, 7) is 11.9.